The van der Waals surface area contributed by atoms with E-state index in [1.54, 1.807) is 11.8 Å². The standard InChI is InChI=1S/C15H19N3O/c1-12-4-3-5-14(10-12)17-6-8-18(9-7-17)15(19)13(2)11-16/h3-5,10,13H,6-9H2,1-2H3. The smallest absolute Gasteiger partial charge is 0.239 e. The van der Waals surface area contributed by atoms with E-state index in [4.69, 9.17) is 5.26 Å². The highest BCUT2D eigenvalue weighted by Gasteiger charge is 2.24. The number of amides is 1. The number of carbonyl (C=O) groups is 1. The summed E-state index contributed by atoms with van der Waals surface area (Å²) in [5, 5.41) is 8.79. The number of aryl methyl sites for hydroxylation is 1. The first kappa shape index (κ1) is 13.4. The quantitative estimate of drug-likeness (QED) is 0.811. The zero-order valence-electron chi connectivity index (χ0n) is 11.5. The van der Waals surface area contributed by atoms with Crippen molar-refractivity contribution in [3.63, 3.8) is 0 Å². The van der Waals surface area contributed by atoms with E-state index in [-0.39, 0.29) is 5.91 Å². The maximum Gasteiger partial charge on any atom is 0.239 e. The van der Waals surface area contributed by atoms with Crippen LogP contribution in [0, 0.1) is 24.2 Å². The molecule has 1 aromatic rings. The minimum atomic E-state index is -0.537. The molecule has 1 heterocycles. The van der Waals surface area contributed by atoms with Gasteiger partial charge in [0.1, 0.15) is 5.92 Å². The third kappa shape index (κ3) is 3.05. The highest BCUT2D eigenvalue weighted by atomic mass is 16.2. The van der Waals surface area contributed by atoms with E-state index in [0.717, 1.165) is 13.1 Å². The van der Waals surface area contributed by atoms with Crippen molar-refractivity contribution in [2.75, 3.05) is 31.1 Å². The van der Waals surface area contributed by atoms with E-state index in [9.17, 15) is 4.79 Å². The van der Waals surface area contributed by atoms with Crippen LogP contribution in [0.2, 0.25) is 0 Å². The van der Waals surface area contributed by atoms with Crippen molar-refractivity contribution in [1.82, 2.24) is 4.90 Å². The van der Waals surface area contributed by atoms with Crippen molar-refractivity contribution in [2.45, 2.75) is 13.8 Å². The molecule has 1 unspecified atom stereocenters. The number of piperazine rings is 1. The van der Waals surface area contributed by atoms with E-state index in [2.05, 4.69) is 36.1 Å². The number of rotatable bonds is 2. The Morgan fingerprint density at radius 1 is 1.32 bits per heavy atom. The zero-order chi connectivity index (χ0) is 13.8. The number of anilines is 1. The molecule has 1 atom stereocenters. The number of benzene rings is 1. The lowest BCUT2D eigenvalue weighted by atomic mass is 10.1. The molecule has 19 heavy (non-hydrogen) atoms. The Balaban J connectivity index is 1.96. The minimum absolute atomic E-state index is 0.0496. The van der Waals surface area contributed by atoms with Crippen molar-refractivity contribution in [2.24, 2.45) is 5.92 Å². The van der Waals surface area contributed by atoms with Crippen molar-refractivity contribution in [3.05, 3.63) is 29.8 Å². The van der Waals surface area contributed by atoms with Crippen LogP contribution in [0.5, 0.6) is 0 Å². The Morgan fingerprint density at radius 3 is 2.58 bits per heavy atom. The molecule has 1 aliphatic heterocycles. The molecule has 1 aliphatic rings. The maximum absolute atomic E-state index is 11.9. The summed E-state index contributed by atoms with van der Waals surface area (Å²) in [5.74, 6) is -0.586. The van der Waals surface area contributed by atoms with Crippen molar-refractivity contribution >= 4 is 11.6 Å². The van der Waals surface area contributed by atoms with E-state index in [1.165, 1.54) is 11.3 Å². The molecule has 4 heteroatoms. The minimum Gasteiger partial charge on any atom is -0.368 e. The van der Waals surface area contributed by atoms with Crippen LogP contribution in [0.3, 0.4) is 0 Å². The predicted octanol–water partition coefficient (Wildman–Crippen LogP) is 1.80. The van der Waals surface area contributed by atoms with Gasteiger partial charge in [-0.05, 0) is 31.5 Å². The average molecular weight is 257 g/mol. The van der Waals surface area contributed by atoms with Gasteiger partial charge in [0.25, 0.3) is 0 Å². The molecular weight excluding hydrogens is 238 g/mol. The molecule has 1 amide bonds. The Bertz CT molecular complexity index is 498. The number of hydrogen-bond acceptors (Lipinski definition) is 3. The monoisotopic (exact) mass is 257 g/mol. The highest BCUT2D eigenvalue weighted by Crippen LogP contribution is 2.18. The number of hydrogen-bond donors (Lipinski definition) is 0. The average Bonchev–Trinajstić information content (AvgIpc) is 2.46. The maximum atomic E-state index is 11.9. The summed E-state index contributed by atoms with van der Waals surface area (Å²) in [6.07, 6.45) is 0. The fourth-order valence-electron chi connectivity index (χ4n) is 2.34. The van der Waals surface area contributed by atoms with Gasteiger partial charge in [0, 0.05) is 31.9 Å². The van der Waals surface area contributed by atoms with Crippen LogP contribution in [0.4, 0.5) is 5.69 Å². The summed E-state index contributed by atoms with van der Waals surface area (Å²) in [5.41, 5.74) is 2.45. The lowest BCUT2D eigenvalue weighted by Crippen LogP contribution is -2.50. The summed E-state index contributed by atoms with van der Waals surface area (Å²) in [7, 11) is 0. The Hall–Kier alpha value is -2.02. The van der Waals surface area contributed by atoms with Gasteiger partial charge in [0.2, 0.25) is 5.91 Å². The molecule has 2 rings (SSSR count). The van der Waals surface area contributed by atoms with Gasteiger partial charge >= 0.3 is 0 Å². The number of nitriles is 1. The summed E-state index contributed by atoms with van der Waals surface area (Å²) in [6.45, 7) is 6.78. The van der Waals surface area contributed by atoms with E-state index < -0.39 is 5.92 Å². The second kappa shape index (κ2) is 5.75. The molecule has 0 aromatic heterocycles. The van der Waals surface area contributed by atoms with Gasteiger partial charge in [0.15, 0.2) is 0 Å². The summed E-state index contributed by atoms with van der Waals surface area (Å²) < 4.78 is 0. The van der Waals surface area contributed by atoms with Gasteiger partial charge in [-0.2, -0.15) is 5.26 Å². The Kier molecular flexibility index (Phi) is 4.06. The zero-order valence-corrected chi connectivity index (χ0v) is 11.5. The summed E-state index contributed by atoms with van der Waals surface area (Å²) in [4.78, 5) is 16.0. The van der Waals surface area contributed by atoms with Gasteiger partial charge in [-0.25, -0.2) is 0 Å². The molecule has 1 fully saturated rings. The first-order chi connectivity index (χ1) is 9.11. The molecule has 0 saturated carbocycles. The topological polar surface area (TPSA) is 47.3 Å². The van der Waals surface area contributed by atoms with Gasteiger partial charge in [0.05, 0.1) is 6.07 Å². The molecular formula is C15H19N3O. The van der Waals surface area contributed by atoms with Crippen LogP contribution in [-0.4, -0.2) is 37.0 Å². The van der Waals surface area contributed by atoms with Crippen molar-refractivity contribution in [1.29, 1.82) is 5.26 Å². The lowest BCUT2D eigenvalue weighted by molar-refractivity contribution is -0.133. The second-order valence-electron chi connectivity index (χ2n) is 5.00. The highest BCUT2D eigenvalue weighted by molar-refractivity contribution is 5.81. The number of carbonyl (C=O) groups excluding carboxylic acids is 1. The molecule has 0 radical (unpaired) electrons. The summed E-state index contributed by atoms with van der Waals surface area (Å²) in [6, 6.07) is 10.4. The molecule has 4 nitrogen and oxygen atoms in total. The van der Waals surface area contributed by atoms with E-state index in [0.29, 0.717) is 13.1 Å². The fraction of sp³-hybridized carbons (Fsp3) is 0.467. The van der Waals surface area contributed by atoms with E-state index in [1.807, 2.05) is 6.07 Å². The molecule has 0 N–H and O–H groups in total. The van der Waals surface area contributed by atoms with Crippen LogP contribution in [0.25, 0.3) is 0 Å². The van der Waals surface area contributed by atoms with Gasteiger partial charge in [-0.3, -0.25) is 4.79 Å². The Labute approximate surface area is 114 Å². The largest absolute Gasteiger partial charge is 0.368 e. The van der Waals surface area contributed by atoms with E-state index >= 15 is 0 Å². The predicted molar refractivity (Wildman–Crippen MR) is 74.7 cm³/mol. The fourth-order valence-corrected chi connectivity index (χ4v) is 2.34. The van der Waals surface area contributed by atoms with Crippen LogP contribution in [0.15, 0.2) is 24.3 Å². The molecule has 0 spiro atoms. The molecule has 0 bridgehead atoms. The van der Waals surface area contributed by atoms with Crippen molar-refractivity contribution < 1.29 is 4.79 Å². The van der Waals surface area contributed by atoms with Gasteiger partial charge < -0.3 is 9.80 Å². The third-order valence-corrected chi connectivity index (χ3v) is 3.52. The first-order valence-corrected chi connectivity index (χ1v) is 6.62. The lowest BCUT2D eigenvalue weighted by Gasteiger charge is -2.36. The van der Waals surface area contributed by atoms with Crippen molar-refractivity contribution in [3.8, 4) is 6.07 Å². The molecule has 1 aromatic carbocycles. The van der Waals surface area contributed by atoms with Crippen LogP contribution in [0.1, 0.15) is 12.5 Å². The van der Waals surface area contributed by atoms with Gasteiger partial charge in [-0.1, -0.05) is 12.1 Å². The van der Waals surface area contributed by atoms with Crippen LogP contribution < -0.4 is 4.90 Å². The molecule has 100 valence electrons. The molecule has 1 saturated heterocycles. The van der Waals surface area contributed by atoms with Gasteiger partial charge in [-0.15, -0.1) is 0 Å². The SMILES string of the molecule is Cc1cccc(N2CCN(C(=O)C(C)C#N)CC2)c1. The third-order valence-electron chi connectivity index (χ3n) is 3.52. The normalized spacial score (nSPS) is 16.9. The number of nitrogens with zero attached hydrogens (tertiary/aromatic N) is 3. The van der Waals surface area contributed by atoms with Crippen LogP contribution in [-0.2, 0) is 4.79 Å². The molecule has 0 aliphatic carbocycles. The summed E-state index contributed by atoms with van der Waals surface area (Å²) >= 11 is 0. The van der Waals surface area contributed by atoms with Crippen LogP contribution >= 0.6 is 0 Å². The second-order valence-corrected chi connectivity index (χ2v) is 5.00. The first-order valence-electron chi connectivity index (χ1n) is 6.62. The Morgan fingerprint density at radius 2 is 2.00 bits per heavy atom.